The van der Waals surface area contributed by atoms with Gasteiger partial charge < -0.3 is 10.1 Å². The van der Waals surface area contributed by atoms with Crippen LogP contribution in [0.5, 0.6) is 5.75 Å². The Balaban J connectivity index is 1.90. The molecule has 0 saturated heterocycles. The second-order valence-electron chi connectivity index (χ2n) is 7.29. The van der Waals surface area contributed by atoms with Crippen LogP contribution in [0.15, 0.2) is 65.6 Å². The predicted octanol–water partition coefficient (Wildman–Crippen LogP) is 4.93. The monoisotopic (exact) mass is 438 g/mol. The van der Waals surface area contributed by atoms with Gasteiger partial charge in [-0.3, -0.25) is 9.52 Å². The molecule has 0 fully saturated rings. The molecule has 0 aromatic heterocycles. The normalized spacial score (nSPS) is 11.1. The lowest BCUT2D eigenvalue weighted by Gasteiger charge is -2.14. The van der Waals surface area contributed by atoms with Crippen molar-refractivity contribution in [1.82, 2.24) is 0 Å². The SMILES string of the molecule is CCc1ccc(NS(=O)(=O)c2cc(C(=O)Nc3ccc(C)cc3C)ccc2OC)cc1. The van der Waals surface area contributed by atoms with Crippen molar-refractivity contribution in [3.8, 4) is 5.75 Å². The highest BCUT2D eigenvalue weighted by Crippen LogP contribution is 2.28. The fourth-order valence-electron chi connectivity index (χ4n) is 3.19. The molecule has 0 saturated carbocycles. The molecule has 0 bridgehead atoms. The quantitative estimate of drug-likeness (QED) is 0.548. The molecule has 3 aromatic rings. The van der Waals surface area contributed by atoms with Crippen molar-refractivity contribution in [3.63, 3.8) is 0 Å². The molecular formula is C24H26N2O4S. The van der Waals surface area contributed by atoms with E-state index in [1.165, 1.54) is 25.3 Å². The van der Waals surface area contributed by atoms with E-state index < -0.39 is 15.9 Å². The molecule has 3 rings (SSSR count). The van der Waals surface area contributed by atoms with E-state index in [0.717, 1.165) is 23.1 Å². The number of carbonyl (C=O) groups excluding carboxylic acids is 1. The minimum Gasteiger partial charge on any atom is -0.495 e. The van der Waals surface area contributed by atoms with Crippen LogP contribution in [0.3, 0.4) is 0 Å². The van der Waals surface area contributed by atoms with Gasteiger partial charge in [-0.15, -0.1) is 0 Å². The van der Waals surface area contributed by atoms with E-state index in [2.05, 4.69) is 10.0 Å². The van der Waals surface area contributed by atoms with Crippen molar-refractivity contribution >= 4 is 27.3 Å². The van der Waals surface area contributed by atoms with Crippen LogP contribution in [-0.2, 0) is 16.4 Å². The maximum Gasteiger partial charge on any atom is 0.265 e. The second-order valence-corrected chi connectivity index (χ2v) is 8.94. The van der Waals surface area contributed by atoms with Gasteiger partial charge in [0.15, 0.2) is 0 Å². The zero-order valence-corrected chi connectivity index (χ0v) is 18.8. The van der Waals surface area contributed by atoms with E-state index in [4.69, 9.17) is 4.74 Å². The van der Waals surface area contributed by atoms with E-state index in [0.29, 0.717) is 11.4 Å². The van der Waals surface area contributed by atoms with E-state index in [1.54, 1.807) is 12.1 Å². The highest BCUT2D eigenvalue weighted by molar-refractivity contribution is 7.92. The highest BCUT2D eigenvalue weighted by Gasteiger charge is 2.22. The summed E-state index contributed by atoms with van der Waals surface area (Å²) >= 11 is 0. The van der Waals surface area contributed by atoms with Gasteiger partial charge in [-0.2, -0.15) is 0 Å². The summed E-state index contributed by atoms with van der Waals surface area (Å²) in [6.45, 7) is 5.90. The molecule has 0 aliphatic rings. The number of nitrogens with one attached hydrogen (secondary N) is 2. The number of hydrogen-bond donors (Lipinski definition) is 2. The van der Waals surface area contributed by atoms with Gasteiger partial charge in [-0.05, 0) is 67.8 Å². The molecule has 31 heavy (non-hydrogen) atoms. The van der Waals surface area contributed by atoms with Crippen LogP contribution in [0.4, 0.5) is 11.4 Å². The second kappa shape index (κ2) is 9.22. The molecule has 162 valence electrons. The van der Waals surface area contributed by atoms with Crippen molar-refractivity contribution in [2.75, 3.05) is 17.1 Å². The van der Waals surface area contributed by atoms with Crippen LogP contribution < -0.4 is 14.8 Å². The minimum absolute atomic E-state index is 0.108. The minimum atomic E-state index is -3.97. The Hall–Kier alpha value is -3.32. The molecule has 1 amide bonds. The van der Waals surface area contributed by atoms with E-state index in [9.17, 15) is 13.2 Å². The molecule has 0 spiro atoms. The van der Waals surface area contributed by atoms with Crippen molar-refractivity contribution < 1.29 is 17.9 Å². The lowest BCUT2D eigenvalue weighted by molar-refractivity contribution is 0.102. The first kappa shape index (κ1) is 22.4. The molecule has 0 unspecified atom stereocenters. The lowest BCUT2D eigenvalue weighted by Crippen LogP contribution is -2.17. The van der Waals surface area contributed by atoms with Gasteiger partial charge in [0, 0.05) is 16.9 Å². The predicted molar refractivity (Wildman–Crippen MR) is 123 cm³/mol. The van der Waals surface area contributed by atoms with Crippen LogP contribution in [0, 0.1) is 13.8 Å². The largest absolute Gasteiger partial charge is 0.495 e. The lowest BCUT2D eigenvalue weighted by atomic mass is 10.1. The number of anilines is 2. The number of benzene rings is 3. The molecule has 0 radical (unpaired) electrons. The number of methoxy groups -OCH3 is 1. The molecule has 0 aliphatic carbocycles. The number of ether oxygens (including phenoxy) is 1. The Bertz CT molecular complexity index is 1200. The third-order valence-corrected chi connectivity index (χ3v) is 6.36. The number of amides is 1. The summed E-state index contributed by atoms with van der Waals surface area (Å²) in [6, 6.07) is 17.2. The molecule has 6 nitrogen and oxygen atoms in total. The van der Waals surface area contributed by atoms with Crippen LogP contribution in [0.2, 0.25) is 0 Å². The number of sulfonamides is 1. The van der Waals surface area contributed by atoms with Gasteiger partial charge in [-0.25, -0.2) is 8.42 Å². The Kier molecular flexibility index (Phi) is 6.65. The summed E-state index contributed by atoms with van der Waals surface area (Å²) in [5.74, 6) is -0.251. The third-order valence-electron chi connectivity index (χ3n) is 4.96. The van der Waals surface area contributed by atoms with Crippen LogP contribution in [0.25, 0.3) is 0 Å². The number of aryl methyl sites for hydroxylation is 3. The van der Waals surface area contributed by atoms with Crippen LogP contribution >= 0.6 is 0 Å². The van der Waals surface area contributed by atoms with Crippen molar-refractivity contribution in [2.24, 2.45) is 0 Å². The molecule has 0 atom stereocenters. The first-order valence-electron chi connectivity index (χ1n) is 9.92. The van der Waals surface area contributed by atoms with Crippen molar-refractivity contribution in [3.05, 3.63) is 82.9 Å². The van der Waals surface area contributed by atoms with Crippen LogP contribution in [0.1, 0.15) is 34.0 Å². The van der Waals surface area contributed by atoms with Gasteiger partial charge >= 0.3 is 0 Å². The Morgan fingerprint density at radius 3 is 2.29 bits per heavy atom. The number of carbonyl (C=O) groups is 1. The Morgan fingerprint density at radius 1 is 0.968 bits per heavy atom. The highest BCUT2D eigenvalue weighted by atomic mass is 32.2. The average Bonchev–Trinajstić information content (AvgIpc) is 2.75. The standard InChI is InChI=1S/C24H26N2O4S/c1-5-18-7-10-20(11-8-18)26-31(28,29)23-15-19(9-13-22(23)30-4)24(27)25-21-12-6-16(2)14-17(21)3/h6-15,26H,5H2,1-4H3,(H,25,27). The van der Waals surface area contributed by atoms with Gasteiger partial charge in [-0.1, -0.05) is 36.8 Å². The molecule has 2 N–H and O–H groups in total. The number of rotatable bonds is 7. The smallest absolute Gasteiger partial charge is 0.265 e. The Labute approximate surface area is 183 Å². The maximum atomic E-state index is 13.0. The summed E-state index contributed by atoms with van der Waals surface area (Å²) in [5, 5.41) is 2.84. The van der Waals surface area contributed by atoms with Crippen molar-refractivity contribution in [1.29, 1.82) is 0 Å². The molecule has 0 heterocycles. The van der Waals surface area contributed by atoms with Gasteiger partial charge in [0.2, 0.25) is 0 Å². The Morgan fingerprint density at radius 2 is 1.68 bits per heavy atom. The first-order valence-corrected chi connectivity index (χ1v) is 11.4. The molecule has 0 aliphatic heterocycles. The van der Waals surface area contributed by atoms with E-state index in [-0.39, 0.29) is 16.2 Å². The molecular weight excluding hydrogens is 412 g/mol. The summed E-state index contributed by atoms with van der Waals surface area (Å²) in [6.07, 6.45) is 0.860. The summed E-state index contributed by atoms with van der Waals surface area (Å²) < 4.78 is 33.9. The zero-order valence-electron chi connectivity index (χ0n) is 18.0. The fraction of sp³-hybridized carbons (Fsp3) is 0.208. The molecule has 7 heteroatoms. The zero-order chi connectivity index (χ0) is 22.6. The summed E-state index contributed by atoms with van der Waals surface area (Å²) in [7, 11) is -2.58. The van der Waals surface area contributed by atoms with E-state index >= 15 is 0 Å². The van der Waals surface area contributed by atoms with Gasteiger partial charge in [0.05, 0.1) is 7.11 Å². The third kappa shape index (κ3) is 5.24. The van der Waals surface area contributed by atoms with Gasteiger partial charge in [0.1, 0.15) is 10.6 Å². The van der Waals surface area contributed by atoms with E-state index in [1.807, 2.05) is 51.1 Å². The maximum absolute atomic E-state index is 13.0. The first-order chi connectivity index (χ1) is 14.7. The number of hydrogen-bond acceptors (Lipinski definition) is 4. The van der Waals surface area contributed by atoms with Gasteiger partial charge in [0.25, 0.3) is 15.9 Å². The summed E-state index contributed by atoms with van der Waals surface area (Å²) in [4.78, 5) is 12.7. The van der Waals surface area contributed by atoms with Crippen molar-refractivity contribution in [2.45, 2.75) is 32.1 Å². The average molecular weight is 439 g/mol. The van der Waals surface area contributed by atoms with Crippen LogP contribution in [-0.4, -0.2) is 21.4 Å². The topological polar surface area (TPSA) is 84.5 Å². The summed E-state index contributed by atoms with van der Waals surface area (Å²) in [5.41, 5.74) is 4.43. The molecule has 3 aromatic carbocycles. The fourth-order valence-corrected chi connectivity index (χ4v) is 4.45.